The highest BCUT2D eigenvalue weighted by Gasteiger charge is 2.59. The molecule has 104 valence electrons. The zero-order valence-electron chi connectivity index (χ0n) is 12.1. The average molecular weight is 251 g/mol. The van der Waals surface area contributed by atoms with E-state index < -0.39 is 0 Å². The molecule has 0 radical (unpaired) electrons. The SMILES string of the molecule is CC12CC3CC(C)(C1)CC(CCNCCO)(C3)C2. The van der Waals surface area contributed by atoms with Crippen molar-refractivity contribution in [2.75, 3.05) is 19.7 Å². The second-order valence-electron chi connectivity index (χ2n) is 8.35. The summed E-state index contributed by atoms with van der Waals surface area (Å²) in [5.41, 5.74) is 1.92. The molecular weight excluding hydrogens is 222 g/mol. The topological polar surface area (TPSA) is 32.3 Å². The molecule has 2 atom stereocenters. The first-order chi connectivity index (χ1) is 8.47. The van der Waals surface area contributed by atoms with E-state index in [0.29, 0.717) is 16.2 Å². The number of aliphatic hydroxyl groups is 1. The number of hydrogen-bond donors (Lipinski definition) is 2. The highest BCUT2D eigenvalue weighted by Crippen LogP contribution is 2.70. The van der Waals surface area contributed by atoms with Gasteiger partial charge in [-0.1, -0.05) is 13.8 Å². The van der Waals surface area contributed by atoms with Crippen LogP contribution in [0.25, 0.3) is 0 Å². The van der Waals surface area contributed by atoms with E-state index >= 15 is 0 Å². The molecule has 0 aromatic heterocycles. The fourth-order valence-electron chi connectivity index (χ4n) is 6.52. The van der Waals surface area contributed by atoms with Crippen molar-refractivity contribution in [1.29, 1.82) is 0 Å². The van der Waals surface area contributed by atoms with Crippen LogP contribution in [0.3, 0.4) is 0 Å². The van der Waals surface area contributed by atoms with Gasteiger partial charge >= 0.3 is 0 Å². The van der Waals surface area contributed by atoms with Crippen LogP contribution in [0.4, 0.5) is 0 Å². The van der Waals surface area contributed by atoms with E-state index in [-0.39, 0.29) is 6.61 Å². The summed E-state index contributed by atoms with van der Waals surface area (Å²) in [6.07, 6.45) is 10.2. The van der Waals surface area contributed by atoms with Gasteiger partial charge < -0.3 is 10.4 Å². The van der Waals surface area contributed by atoms with Crippen molar-refractivity contribution >= 4 is 0 Å². The molecule has 4 aliphatic carbocycles. The minimum absolute atomic E-state index is 0.269. The summed E-state index contributed by atoms with van der Waals surface area (Å²) in [5.74, 6) is 1.01. The van der Waals surface area contributed by atoms with Crippen LogP contribution in [0, 0.1) is 22.2 Å². The van der Waals surface area contributed by atoms with Crippen LogP contribution in [0.2, 0.25) is 0 Å². The zero-order chi connectivity index (χ0) is 12.9. The molecular formula is C16H29NO. The molecule has 18 heavy (non-hydrogen) atoms. The Labute approximate surface area is 112 Å². The lowest BCUT2D eigenvalue weighted by Gasteiger charge is -2.65. The van der Waals surface area contributed by atoms with Gasteiger partial charge in [0.2, 0.25) is 0 Å². The smallest absolute Gasteiger partial charge is 0.0555 e. The van der Waals surface area contributed by atoms with E-state index in [0.717, 1.165) is 19.0 Å². The molecule has 4 fully saturated rings. The maximum absolute atomic E-state index is 8.85. The molecule has 4 saturated carbocycles. The van der Waals surface area contributed by atoms with E-state index in [1.807, 2.05) is 0 Å². The van der Waals surface area contributed by atoms with Gasteiger partial charge in [0.05, 0.1) is 6.61 Å². The molecule has 2 unspecified atom stereocenters. The quantitative estimate of drug-likeness (QED) is 0.736. The molecule has 2 nitrogen and oxygen atoms in total. The first kappa shape index (κ1) is 12.9. The Balaban J connectivity index is 1.69. The second-order valence-corrected chi connectivity index (χ2v) is 8.35. The maximum Gasteiger partial charge on any atom is 0.0555 e. The van der Waals surface area contributed by atoms with Crippen LogP contribution in [0.5, 0.6) is 0 Å². The highest BCUT2D eigenvalue weighted by molar-refractivity contribution is 5.10. The molecule has 0 amide bonds. The molecule has 0 aromatic carbocycles. The van der Waals surface area contributed by atoms with E-state index in [2.05, 4.69) is 19.2 Å². The van der Waals surface area contributed by atoms with Crippen molar-refractivity contribution in [2.45, 2.75) is 58.8 Å². The molecule has 0 saturated heterocycles. The van der Waals surface area contributed by atoms with Crippen molar-refractivity contribution in [1.82, 2.24) is 5.32 Å². The van der Waals surface area contributed by atoms with Gasteiger partial charge in [-0.25, -0.2) is 0 Å². The predicted octanol–water partition coefficient (Wildman–Crippen LogP) is 2.96. The van der Waals surface area contributed by atoms with Crippen LogP contribution in [-0.2, 0) is 0 Å². The van der Waals surface area contributed by atoms with Crippen LogP contribution < -0.4 is 5.32 Å². The second kappa shape index (κ2) is 4.21. The van der Waals surface area contributed by atoms with Gasteiger partial charge in [-0.3, -0.25) is 0 Å². The summed E-state index contributed by atoms with van der Waals surface area (Å²) in [6, 6.07) is 0. The molecule has 0 aliphatic heterocycles. The molecule has 4 rings (SSSR count). The largest absolute Gasteiger partial charge is 0.395 e. The first-order valence-corrected chi connectivity index (χ1v) is 7.78. The van der Waals surface area contributed by atoms with Crippen molar-refractivity contribution in [2.24, 2.45) is 22.2 Å². The highest BCUT2D eigenvalue weighted by atomic mass is 16.3. The Morgan fingerprint density at radius 1 is 1.00 bits per heavy atom. The Morgan fingerprint density at radius 3 is 2.22 bits per heavy atom. The predicted molar refractivity (Wildman–Crippen MR) is 74.4 cm³/mol. The minimum atomic E-state index is 0.269. The summed E-state index contributed by atoms with van der Waals surface area (Å²) in [6.45, 7) is 7.22. The fourth-order valence-corrected chi connectivity index (χ4v) is 6.52. The van der Waals surface area contributed by atoms with Crippen molar-refractivity contribution in [3.05, 3.63) is 0 Å². The van der Waals surface area contributed by atoms with E-state index in [9.17, 15) is 0 Å². The number of nitrogens with one attached hydrogen (secondary N) is 1. The molecule has 0 heterocycles. The van der Waals surface area contributed by atoms with Crippen molar-refractivity contribution in [3.63, 3.8) is 0 Å². The Morgan fingerprint density at radius 2 is 1.67 bits per heavy atom. The monoisotopic (exact) mass is 251 g/mol. The van der Waals surface area contributed by atoms with Crippen LogP contribution >= 0.6 is 0 Å². The van der Waals surface area contributed by atoms with E-state index in [1.165, 1.54) is 44.9 Å². The maximum atomic E-state index is 8.85. The molecule has 2 heteroatoms. The first-order valence-electron chi connectivity index (χ1n) is 7.78. The lowest BCUT2D eigenvalue weighted by molar-refractivity contribution is -0.147. The normalized spacial score (nSPS) is 49.8. The molecule has 2 N–H and O–H groups in total. The lowest BCUT2D eigenvalue weighted by atomic mass is 9.40. The molecule has 0 aromatic rings. The van der Waals surface area contributed by atoms with Crippen LogP contribution in [-0.4, -0.2) is 24.8 Å². The summed E-state index contributed by atoms with van der Waals surface area (Å²) in [7, 11) is 0. The van der Waals surface area contributed by atoms with Gasteiger partial charge in [0.25, 0.3) is 0 Å². The Kier molecular flexibility index (Phi) is 3.02. The van der Waals surface area contributed by atoms with Crippen LogP contribution in [0.1, 0.15) is 58.8 Å². The summed E-state index contributed by atoms with van der Waals surface area (Å²) >= 11 is 0. The third-order valence-electron chi connectivity index (χ3n) is 5.86. The standard InChI is InChI=1S/C16H29NO/c1-14-7-13-8-15(2,10-14)12-16(9-13,11-14)3-4-17-5-6-18/h13,17-18H,3-12H2,1-2H3. The van der Waals surface area contributed by atoms with Gasteiger partial charge in [0.15, 0.2) is 0 Å². The van der Waals surface area contributed by atoms with Gasteiger partial charge in [-0.2, -0.15) is 0 Å². The average Bonchev–Trinajstić information content (AvgIpc) is 2.19. The summed E-state index contributed by atoms with van der Waals surface area (Å²) in [4.78, 5) is 0. The van der Waals surface area contributed by atoms with Gasteiger partial charge in [-0.05, 0) is 73.7 Å². The van der Waals surface area contributed by atoms with Gasteiger partial charge in [-0.15, -0.1) is 0 Å². The van der Waals surface area contributed by atoms with Crippen molar-refractivity contribution in [3.8, 4) is 0 Å². The van der Waals surface area contributed by atoms with Gasteiger partial charge in [0.1, 0.15) is 0 Å². The minimum Gasteiger partial charge on any atom is -0.395 e. The zero-order valence-corrected chi connectivity index (χ0v) is 12.1. The van der Waals surface area contributed by atoms with Gasteiger partial charge in [0, 0.05) is 6.54 Å². The third-order valence-corrected chi connectivity index (χ3v) is 5.86. The number of aliphatic hydroxyl groups excluding tert-OH is 1. The van der Waals surface area contributed by atoms with E-state index in [1.54, 1.807) is 0 Å². The van der Waals surface area contributed by atoms with E-state index in [4.69, 9.17) is 5.11 Å². The van der Waals surface area contributed by atoms with Crippen LogP contribution in [0.15, 0.2) is 0 Å². The lowest BCUT2D eigenvalue weighted by Crippen LogP contribution is -2.55. The summed E-state index contributed by atoms with van der Waals surface area (Å²) in [5, 5.41) is 12.2. The molecule has 4 aliphatic rings. The Hall–Kier alpha value is -0.0800. The molecule has 4 bridgehead atoms. The van der Waals surface area contributed by atoms with Crippen molar-refractivity contribution < 1.29 is 5.11 Å². The molecule has 0 spiro atoms. The summed E-state index contributed by atoms with van der Waals surface area (Å²) < 4.78 is 0. The fraction of sp³-hybridized carbons (Fsp3) is 1.00. The number of rotatable bonds is 5. The third kappa shape index (κ3) is 2.22. The Bertz CT molecular complexity index is 309. The number of hydrogen-bond acceptors (Lipinski definition) is 2.